The SMILES string of the molecule is COc1cc(/C=C2/CNC(=S)S2)ccc1O. The molecule has 1 aromatic carbocycles. The van der Waals surface area contributed by atoms with E-state index in [9.17, 15) is 5.11 Å². The Morgan fingerprint density at radius 2 is 2.38 bits per heavy atom. The first kappa shape index (κ1) is 11.3. The van der Waals surface area contributed by atoms with Crippen LogP contribution in [0.5, 0.6) is 11.5 Å². The molecule has 5 heteroatoms. The van der Waals surface area contributed by atoms with Crippen LogP contribution >= 0.6 is 24.0 Å². The van der Waals surface area contributed by atoms with Crippen LogP contribution in [0.1, 0.15) is 5.56 Å². The molecule has 0 aromatic heterocycles. The van der Waals surface area contributed by atoms with Crippen LogP contribution in [0.15, 0.2) is 23.1 Å². The molecule has 1 saturated heterocycles. The molecule has 0 spiro atoms. The lowest BCUT2D eigenvalue weighted by Gasteiger charge is -2.04. The number of nitrogens with one attached hydrogen (secondary N) is 1. The van der Waals surface area contributed by atoms with Gasteiger partial charge in [-0.3, -0.25) is 0 Å². The van der Waals surface area contributed by atoms with Crippen molar-refractivity contribution in [3.05, 3.63) is 28.7 Å². The van der Waals surface area contributed by atoms with Crippen LogP contribution in [0.25, 0.3) is 6.08 Å². The Morgan fingerprint density at radius 1 is 1.56 bits per heavy atom. The third-order valence-electron chi connectivity index (χ3n) is 2.16. The van der Waals surface area contributed by atoms with Gasteiger partial charge >= 0.3 is 0 Å². The van der Waals surface area contributed by atoms with Crippen LogP contribution in [0.3, 0.4) is 0 Å². The van der Waals surface area contributed by atoms with Crippen LogP contribution in [0, 0.1) is 0 Å². The molecule has 1 aliphatic heterocycles. The lowest BCUT2D eigenvalue weighted by molar-refractivity contribution is 0.373. The molecule has 2 N–H and O–H groups in total. The van der Waals surface area contributed by atoms with Gasteiger partial charge in [0.2, 0.25) is 0 Å². The van der Waals surface area contributed by atoms with E-state index < -0.39 is 0 Å². The molecule has 0 saturated carbocycles. The molecule has 16 heavy (non-hydrogen) atoms. The lowest BCUT2D eigenvalue weighted by atomic mass is 10.2. The van der Waals surface area contributed by atoms with Crippen molar-refractivity contribution in [2.24, 2.45) is 0 Å². The van der Waals surface area contributed by atoms with Gasteiger partial charge in [-0.2, -0.15) is 0 Å². The van der Waals surface area contributed by atoms with Crippen molar-refractivity contribution in [1.29, 1.82) is 0 Å². The average Bonchev–Trinajstić information content (AvgIpc) is 2.67. The Hall–Kier alpha value is -1.20. The fourth-order valence-electron chi connectivity index (χ4n) is 1.40. The summed E-state index contributed by atoms with van der Waals surface area (Å²) < 4.78 is 5.85. The number of rotatable bonds is 2. The molecule has 2 rings (SSSR count). The fourth-order valence-corrected chi connectivity index (χ4v) is 2.52. The number of aromatic hydroxyl groups is 1. The minimum atomic E-state index is 0.150. The van der Waals surface area contributed by atoms with E-state index in [-0.39, 0.29) is 5.75 Å². The number of hydrogen-bond acceptors (Lipinski definition) is 4. The number of hydrogen-bond donors (Lipinski definition) is 2. The summed E-state index contributed by atoms with van der Waals surface area (Å²) in [5, 5.41) is 12.5. The Balaban J connectivity index is 2.25. The van der Waals surface area contributed by atoms with Gasteiger partial charge in [0, 0.05) is 11.4 Å². The summed E-state index contributed by atoms with van der Waals surface area (Å²) in [6.07, 6.45) is 2.03. The second-order valence-electron chi connectivity index (χ2n) is 3.29. The largest absolute Gasteiger partial charge is 0.504 e. The zero-order chi connectivity index (χ0) is 11.5. The summed E-state index contributed by atoms with van der Waals surface area (Å²) in [4.78, 5) is 1.16. The zero-order valence-electron chi connectivity index (χ0n) is 8.69. The predicted octanol–water partition coefficient (Wildman–Crippen LogP) is 2.36. The molecule has 0 bridgehead atoms. The van der Waals surface area contributed by atoms with Crippen molar-refractivity contribution in [1.82, 2.24) is 5.32 Å². The zero-order valence-corrected chi connectivity index (χ0v) is 10.3. The average molecular weight is 253 g/mol. The van der Waals surface area contributed by atoms with E-state index in [2.05, 4.69) is 5.32 Å². The number of phenols is 1. The smallest absolute Gasteiger partial charge is 0.161 e. The highest BCUT2D eigenvalue weighted by atomic mass is 32.2. The molecule has 0 amide bonds. The Kier molecular flexibility index (Phi) is 3.36. The van der Waals surface area contributed by atoms with Crippen LogP contribution < -0.4 is 10.1 Å². The first-order valence-corrected chi connectivity index (χ1v) is 5.95. The van der Waals surface area contributed by atoms with E-state index in [1.54, 1.807) is 23.9 Å². The van der Waals surface area contributed by atoms with E-state index in [0.717, 1.165) is 21.3 Å². The molecule has 1 fully saturated rings. The topological polar surface area (TPSA) is 41.5 Å². The van der Waals surface area contributed by atoms with Gasteiger partial charge in [0.05, 0.1) is 7.11 Å². The molecular formula is C11H11NO2S2. The third kappa shape index (κ3) is 2.48. The molecule has 0 unspecified atom stereocenters. The van der Waals surface area contributed by atoms with Crippen molar-refractivity contribution < 1.29 is 9.84 Å². The van der Waals surface area contributed by atoms with Crippen molar-refractivity contribution in [3.63, 3.8) is 0 Å². The Morgan fingerprint density at radius 3 is 3.00 bits per heavy atom. The standard InChI is InChI=1S/C11H11NO2S2/c1-14-10-5-7(2-3-9(10)13)4-8-6-12-11(15)16-8/h2-5,13H,6H2,1H3,(H,12,15)/b8-4-. The number of thiocarbonyl (C=S) groups is 1. The van der Waals surface area contributed by atoms with E-state index >= 15 is 0 Å². The lowest BCUT2D eigenvalue weighted by Crippen LogP contribution is -2.09. The summed E-state index contributed by atoms with van der Waals surface area (Å²) in [5.41, 5.74) is 0.989. The van der Waals surface area contributed by atoms with Gasteiger partial charge < -0.3 is 15.2 Å². The molecule has 0 radical (unpaired) electrons. The van der Waals surface area contributed by atoms with Crippen molar-refractivity contribution >= 4 is 34.4 Å². The first-order chi connectivity index (χ1) is 7.69. The number of ether oxygens (including phenoxy) is 1. The first-order valence-electron chi connectivity index (χ1n) is 4.72. The quantitative estimate of drug-likeness (QED) is 0.792. The molecule has 0 aliphatic carbocycles. The van der Waals surface area contributed by atoms with Crippen LogP contribution in [-0.2, 0) is 0 Å². The second kappa shape index (κ2) is 4.76. The fraction of sp³-hybridized carbons (Fsp3) is 0.182. The number of thioether (sulfide) groups is 1. The normalized spacial score (nSPS) is 17.6. The second-order valence-corrected chi connectivity index (χ2v) is 5.09. The summed E-state index contributed by atoms with van der Waals surface area (Å²) >= 11 is 6.58. The van der Waals surface area contributed by atoms with Crippen LogP contribution in [0.2, 0.25) is 0 Å². The molecule has 1 aliphatic rings. The highest BCUT2D eigenvalue weighted by Gasteiger charge is 2.12. The predicted molar refractivity (Wildman–Crippen MR) is 70.8 cm³/mol. The molecule has 1 heterocycles. The molecule has 3 nitrogen and oxygen atoms in total. The van der Waals surface area contributed by atoms with Crippen LogP contribution in [0.4, 0.5) is 0 Å². The number of benzene rings is 1. The van der Waals surface area contributed by atoms with Gasteiger partial charge in [0.15, 0.2) is 11.5 Å². The summed E-state index contributed by atoms with van der Waals surface area (Å²) in [5.74, 6) is 0.630. The third-order valence-corrected chi connectivity index (χ3v) is 3.41. The van der Waals surface area contributed by atoms with Crippen LogP contribution in [-0.4, -0.2) is 23.1 Å². The summed E-state index contributed by atoms with van der Waals surface area (Å²) in [6, 6.07) is 5.26. The summed E-state index contributed by atoms with van der Waals surface area (Å²) in [7, 11) is 1.53. The van der Waals surface area contributed by atoms with E-state index in [0.29, 0.717) is 5.75 Å². The highest BCUT2D eigenvalue weighted by Crippen LogP contribution is 2.29. The van der Waals surface area contributed by atoms with Gasteiger partial charge in [-0.1, -0.05) is 30.0 Å². The van der Waals surface area contributed by atoms with E-state index in [1.807, 2.05) is 12.1 Å². The molecule has 1 aromatic rings. The van der Waals surface area contributed by atoms with E-state index in [1.165, 1.54) is 7.11 Å². The monoisotopic (exact) mass is 253 g/mol. The highest BCUT2D eigenvalue weighted by molar-refractivity contribution is 8.26. The number of phenolic OH excluding ortho intramolecular Hbond substituents is 1. The molecule has 84 valence electrons. The minimum absolute atomic E-state index is 0.150. The summed E-state index contributed by atoms with van der Waals surface area (Å²) in [6.45, 7) is 0.771. The Labute approximate surface area is 104 Å². The maximum atomic E-state index is 9.45. The minimum Gasteiger partial charge on any atom is -0.504 e. The van der Waals surface area contributed by atoms with Crippen molar-refractivity contribution in [2.75, 3.05) is 13.7 Å². The molecule has 0 atom stereocenters. The van der Waals surface area contributed by atoms with Crippen molar-refractivity contribution in [2.45, 2.75) is 0 Å². The number of methoxy groups -OCH3 is 1. The maximum absolute atomic E-state index is 9.45. The van der Waals surface area contributed by atoms with Gasteiger partial charge in [-0.05, 0) is 23.8 Å². The Bertz CT molecular complexity index is 457. The van der Waals surface area contributed by atoms with E-state index in [4.69, 9.17) is 17.0 Å². The van der Waals surface area contributed by atoms with Crippen molar-refractivity contribution in [3.8, 4) is 11.5 Å². The molecular weight excluding hydrogens is 242 g/mol. The van der Waals surface area contributed by atoms with Gasteiger partial charge in [0.1, 0.15) is 4.32 Å². The maximum Gasteiger partial charge on any atom is 0.161 e. The van der Waals surface area contributed by atoms with Gasteiger partial charge in [0.25, 0.3) is 0 Å². The van der Waals surface area contributed by atoms with Gasteiger partial charge in [-0.25, -0.2) is 0 Å². The van der Waals surface area contributed by atoms with Gasteiger partial charge in [-0.15, -0.1) is 0 Å².